The first kappa shape index (κ1) is 18.0. The van der Waals surface area contributed by atoms with Crippen molar-refractivity contribution < 1.29 is 14.7 Å². The van der Waals surface area contributed by atoms with Gasteiger partial charge in [-0.1, -0.05) is 38.5 Å². The fraction of sp³-hybridized carbons (Fsp3) is 0.700. The molecule has 2 aliphatic rings. The maximum atomic E-state index is 12.4. The Morgan fingerprint density at radius 2 is 2.00 bits per heavy atom. The molecule has 0 bridgehead atoms. The Balaban J connectivity index is 2.22. The van der Waals surface area contributed by atoms with Crippen molar-refractivity contribution in [3.8, 4) is 0 Å². The first-order valence-corrected chi connectivity index (χ1v) is 8.70. The Hall–Kier alpha value is -1.38. The molecule has 23 heavy (non-hydrogen) atoms. The van der Waals surface area contributed by atoms with E-state index in [1.165, 1.54) is 11.6 Å². The fourth-order valence-electron chi connectivity index (χ4n) is 5.16. The average molecular weight is 318 g/mol. The van der Waals surface area contributed by atoms with Gasteiger partial charge in [0.05, 0.1) is 0 Å². The molecule has 0 radical (unpaired) electrons. The van der Waals surface area contributed by atoms with Crippen LogP contribution in [-0.4, -0.2) is 16.9 Å². The van der Waals surface area contributed by atoms with E-state index in [1.54, 1.807) is 0 Å². The first-order chi connectivity index (χ1) is 10.6. The molecule has 0 aromatic rings. The van der Waals surface area contributed by atoms with Crippen LogP contribution in [0.15, 0.2) is 23.8 Å². The van der Waals surface area contributed by atoms with Gasteiger partial charge in [-0.2, -0.15) is 0 Å². The molecule has 0 aromatic heterocycles. The number of hydrogen-bond donors (Lipinski definition) is 1. The topological polar surface area (TPSA) is 54.4 Å². The third-order valence-electron chi connectivity index (χ3n) is 6.52. The molecule has 2 aliphatic carbocycles. The second-order valence-corrected chi connectivity index (χ2v) is 8.32. The van der Waals surface area contributed by atoms with Gasteiger partial charge < -0.3 is 5.11 Å². The lowest BCUT2D eigenvalue weighted by Gasteiger charge is -2.57. The lowest BCUT2D eigenvalue weighted by molar-refractivity contribution is -0.144. The van der Waals surface area contributed by atoms with Crippen LogP contribution in [-0.2, 0) is 9.59 Å². The number of carboxylic acid groups (broad SMARTS) is 1. The van der Waals surface area contributed by atoms with Crippen molar-refractivity contribution >= 4 is 11.8 Å². The number of ketones is 1. The monoisotopic (exact) mass is 318 g/mol. The highest BCUT2D eigenvalue weighted by molar-refractivity contribution is 5.85. The van der Waals surface area contributed by atoms with Gasteiger partial charge in [-0.25, -0.2) is 4.79 Å². The molecule has 2 rings (SSSR count). The maximum Gasteiger partial charge on any atom is 0.328 e. The average Bonchev–Trinajstić information content (AvgIpc) is 2.42. The zero-order chi connectivity index (χ0) is 17.4. The van der Waals surface area contributed by atoms with Gasteiger partial charge in [0.1, 0.15) is 5.78 Å². The van der Waals surface area contributed by atoms with E-state index in [-0.39, 0.29) is 10.8 Å². The summed E-state index contributed by atoms with van der Waals surface area (Å²) < 4.78 is 0. The number of aliphatic carboxylic acids is 1. The molecule has 0 heterocycles. The molecule has 0 spiro atoms. The molecular weight excluding hydrogens is 288 g/mol. The van der Waals surface area contributed by atoms with E-state index in [2.05, 4.69) is 27.4 Å². The molecule has 2 saturated carbocycles. The number of carbonyl (C=O) groups excluding carboxylic acids is 1. The summed E-state index contributed by atoms with van der Waals surface area (Å²) in [4.78, 5) is 23.2. The number of hydrogen-bond acceptors (Lipinski definition) is 2. The minimum absolute atomic E-state index is 0.107. The predicted molar refractivity (Wildman–Crippen MR) is 92.1 cm³/mol. The van der Waals surface area contributed by atoms with E-state index in [9.17, 15) is 9.59 Å². The lowest BCUT2D eigenvalue weighted by Crippen LogP contribution is -2.53. The highest BCUT2D eigenvalue weighted by atomic mass is 16.4. The van der Waals surface area contributed by atoms with Gasteiger partial charge in [-0.3, -0.25) is 4.79 Å². The van der Waals surface area contributed by atoms with Crippen LogP contribution in [0.2, 0.25) is 0 Å². The van der Waals surface area contributed by atoms with E-state index >= 15 is 0 Å². The van der Waals surface area contributed by atoms with Crippen LogP contribution in [0.25, 0.3) is 0 Å². The Morgan fingerprint density at radius 1 is 1.35 bits per heavy atom. The van der Waals surface area contributed by atoms with Gasteiger partial charge in [0.2, 0.25) is 0 Å². The zero-order valence-electron chi connectivity index (χ0n) is 14.9. The van der Waals surface area contributed by atoms with Crippen molar-refractivity contribution in [3.63, 3.8) is 0 Å². The summed E-state index contributed by atoms with van der Waals surface area (Å²) in [6.07, 6.45) is 6.66. The summed E-state index contributed by atoms with van der Waals surface area (Å²) >= 11 is 0. The highest BCUT2D eigenvalue weighted by Gasteiger charge is 2.55. The molecule has 0 aliphatic heterocycles. The van der Waals surface area contributed by atoms with Crippen LogP contribution in [0.1, 0.15) is 66.2 Å². The number of carboxylic acids is 1. The Labute approximate surface area is 139 Å². The van der Waals surface area contributed by atoms with E-state index in [0.717, 1.165) is 37.7 Å². The first-order valence-electron chi connectivity index (χ1n) is 8.70. The van der Waals surface area contributed by atoms with Crippen molar-refractivity contribution in [2.75, 3.05) is 0 Å². The third-order valence-corrected chi connectivity index (χ3v) is 6.52. The highest BCUT2D eigenvalue weighted by Crippen LogP contribution is 2.60. The van der Waals surface area contributed by atoms with Gasteiger partial charge in [-0.05, 0) is 56.3 Å². The largest absolute Gasteiger partial charge is 0.478 e. The minimum atomic E-state index is -0.876. The van der Waals surface area contributed by atoms with Gasteiger partial charge in [-0.15, -0.1) is 0 Å². The van der Waals surface area contributed by atoms with Crippen molar-refractivity contribution in [1.29, 1.82) is 0 Å². The van der Waals surface area contributed by atoms with E-state index in [1.807, 2.05) is 6.92 Å². The Bertz CT molecular complexity index is 555. The minimum Gasteiger partial charge on any atom is -0.478 e. The van der Waals surface area contributed by atoms with Gasteiger partial charge >= 0.3 is 5.97 Å². The van der Waals surface area contributed by atoms with E-state index in [0.29, 0.717) is 24.0 Å². The van der Waals surface area contributed by atoms with E-state index in [4.69, 9.17) is 5.11 Å². The maximum absolute atomic E-state index is 12.4. The predicted octanol–water partition coefficient (Wildman–Crippen LogP) is 4.78. The quantitative estimate of drug-likeness (QED) is 0.600. The van der Waals surface area contributed by atoms with Crippen LogP contribution in [0.5, 0.6) is 0 Å². The molecule has 0 aromatic carbocycles. The van der Waals surface area contributed by atoms with Gasteiger partial charge in [0, 0.05) is 17.9 Å². The standard InChI is InChI=1S/C20H30O3/c1-13(12-18(22)23)6-8-15-14(2)7-9-16-19(3,4)17(21)10-11-20(15,16)5/h12,15-16H,2,6-11H2,1,3-5H3,(H,22,23)/t15-,16-,20+/m0/s1. The molecule has 0 amide bonds. The number of fused-ring (bicyclic) bond motifs is 1. The smallest absolute Gasteiger partial charge is 0.328 e. The molecule has 3 nitrogen and oxygen atoms in total. The molecule has 3 atom stereocenters. The SMILES string of the molecule is C=C1CC[C@H]2C(C)(C)C(=O)CC[C@]2(C)[C@H]1CCC(C)=CC(=O)O. The van der Waals surface area contributed by atoms with Crippen LogP contribution < -0.4 is 0 Å². The Morgan fingerprint density at radius 3 is 2.61 bits per heavy atom. The van der Waals surface area contributed by atoms with Crippen molar-refractivity contribution in [3.05, 3.63) is 23.8 Å². The summed E-state index contributed by atoms with van der Waals surface area (Å²) in [6.45, 7) is 12.7. The molecule has 0 unspecified atom stereocenters. The second kappa shape index (κ2) is 6.26. The van der Waals surface area contributed by atoms with Gasteiger partial charge in [0.15, 0.2) is 0 Å². The molecule has 3 heteroatoms. The molecular formula is C20H30O3. The number of Topliss-reactive ketones (excluding diaryl/α,β-unsaturated/α-hetero) is 1. The number of carbonyl (C=O) groups is 2. The van der Waals surface area contributed by atoms with Crippen molar-refractivity contribution in [1.82, 2.24) is 0 Å². The number of allylic oxidation sites excluding steroid dienone is 2. The Kier molecular flexibility index (Phi) is 4.89. The van der Waals surface area contributed by atoms with Crippen molar-refractivity contribution in [2.45, 2.75) is 66.2 Å². The second-order valence-electron chi connectivity index (χ2n) is 8.32. The number of rotatable bonds is 4. The van der Waals surface area contributed by atoms with Gasteiger partial charge in [0.25, 0.3) is 0 Å². The van der Waals surface area contributed by atoms with Crippen molar-refractivity contribution in [2.24, 2.45) is 22.7 Å². The summed E-state index contributed by atoms with van der Waals surface area (Å²) in [7, 11) is 0. The summed E-state index contributed by atoms with van der Waals surface area (Å²) in [5, 5.41) is 8.88. The van der Waals surface area contributed by atoms with Crippen LogP contribution >= 0.6 is 0 Å². The van der Waals surface area contributed by atoms with E-state index < -0.39 is 5.97 Å². The molecule has 1 N–H and O–H groups in total. The summed E-state index contributed by atoms with van der Waals surface area (Å²) in [6, 6.07) is 0. The molecule has 128 valence electrons. The molecule has 2 fully saturated rings. The summed E-state index contributed by atoms with van der Waals surface area (Å²) in [5.74, 6) is 0.299. The summed E-state index contributed by atoms with van der Waals surface area (Å²) in [5.41, 5.74) is 2.05. The lowest BCUT2D eigenvalue weighted by atomic mass is 9.47. The zero-order valence-corrected chi connectivity index (χ0v) is 14.9. The van der Waals surface area contributed by atoms with Crippen LogP contribution in [0.3, 0.4) is 0 Å². The third kappa shape index (κ3) is 3.29. The van der Waals surface area contributed by atoms with Crippen LogP contribution in [0, 0.1) is 22.7 Å². The fourth-order valence-corrected chi connectivity index (χ4v) is 5.16. The molecule has 0 saturated heterocycles. The van der Waals surface area contributed by atoms with Crippen LogP contribution in [0.4, 0.5) is 0 Å². The normalized spacial score (nSPS) is 34.2.